The van der Waals surface area contributed by atoms with E-state index in [1.54, 1.807) is 0 Å². The first kappa shape index (κ1) is 13.4. The van der Waals surface area contributed by atoms with Crippen LogP contribution in [0.3, 0.4) is 0 Å². The Hall–Kier alpha value is -1.00. The van der Waals surface area contributed by atoms with Crippen molar-refractivity contribution >= 4 is 17.7 Å². The van der Waals surface area contributed by atoms with Crippen molar-refractivity contribution in [2.45, 2.75) is 23.8 Å². The number of ether oxygens (including phenoxy) is 1. The van der Waals surface area contributed by atoms with Gasteiger partial charge in [-0.05, 0) is 31.5 Å². The Bertz CT molecular complexity index is 383. The summed E-state index contributed by atoms with van der Waals surface area (Å²) in [6, 6.07) is 10.3. The van der Waals surface area contributed by atoms with Gasteiger partial charge in [0, 0.05) is 17.2 Å². The van der Waals surface area contributed by atoms with Gasteiger partial charge < -0.3 is 4.74 Å². The van der Waals surface area contributed by atoms with Gasteiger partial charge in [0.2, 0.25) is 0 Å². The van der Waals surface area contributed by atoms with Crippen molar-refractivity contribution in [2.24, 2.45) is 0 Å². The predicted octanol–water partition coefficient (Wildman–Crippen LogP) is 2.42. The zero-order chi connectivity index (χ0) is 12.8. The van der Waals surface area contributed by atoms with Crippen LogP contribution in [0, 0.1) is 0 Å². The molecule has 98 valence electrons. The van der Waals surface area contributed by atoms with Gasteiger partial charge in [0.05, 0.1) is 7.11 Å². The highest BCUT2D eigenvalue weighted by atomic mass is 32.2. The second kappa shape index (κ2) is 6.81. The van der Waals surface area contributed by atoms with Gasteiger partial charge in [-0.15, -0.1) is 11.8 Å². The van der Waals surface area contributed by atoms with Crippen molar-refractivity contribution in [1.82, 2.24) is 4.90 Å². The normalized spacial score (nSPS) is 19.9. The molecule has 18 heavy (non-hydrogen) atoms. The number of thioether (sulfide) groups is 1. The van der Waals surface area contributed by atoms with E-state index in [9.17, 15) is 4.79 Å². The van der Waals surface area contributed by atoms with Crippen LogP contribution < -0.4 is 0 Å². The standard InChI is InChI=1S/C14H19NO2S/c1-17-14(16)13-8-5-9-15(13)10-11-18-12-6-3-2-4-7-12/h2-4,6-7,13H,5,8-11H2,1H3. The summed E-state index contributed by atoms with van der Waals surface area (Å²) in [5.41, 5.74) is 0. The number of likely N-dealkylation sites (tertiary alicyclic amines) is 1. The lowest BCUT2D eigenvalue weighted by molar-refractivity contribution is -0.145. The van der Waals surface area contributed by atoms with Gasteiger partial charge in [-0.2, -0.15) is 0 Å². The van der Waals surface area contributed by atoms with Crippen LogP contribution >= 0.6 is 11.8 Å². The zero-order valence-corrected chi connectivity index (χ0v) is 11.5. The summed E-state index contributed by atoms with van der Waals surface area (Å²) < 4.78 is 4.84. The topological polar surface area (TPSA) is 29.5 Å². The van der Waals surface area contributed by atoms with E-state index in [2.05, 4.69) is 29.2 Å². The average molecular weight is 265 g/mol. The Labute approximate surface area is 113 Å². The highest BCUT2D eigenvalue weighted by molar-refractivity contribution is 7.99. The first-order chi connectivity index (χ1) is 8.81. The molecule has 1 heterocycles. The molecule has 4 heteroatoms. The maximum absolute atomic E-state index is 11.6. The minimum absolute atomic E-state index is 0.0219. The number of methoxy groups -OCH3 is 1. The minimum atomic E-state index is -0.0859. The van der Waals surface area contributed by atoms with Gasteiger partial charge in [0.15, 0.2) is 0 Å². The van der Waals surface area contributed by atoms with Gasteiger partial charge in [0.25, 0.3) is 0 Å². The Morgan fingerprint density at radius 2 is 2.22 bits per heavy atom. The second-order valence-corrected chi connectivity index (χ2v) is 5.55. The van der Waals surface area contributed by atoms with E-state index >= 15 is 0 Å². The molecule has 1 aliphatic rings. The molecule has 1 saturated heterocycles. The van der Waals surface area contributed by atoms with Crippen LogP contribution in [-0.4, -0.2) is 42.9 Å². The molecule has 1 fully saturated rings. The van der Waals surface area contributed by atoms with Crippen molar-refractivity contribution in [1.29, 1.82) is 0 Å². The fourth-order valence-corrected chi connectivity index (χ4v) is 3.21. The van der Waals surface area contributed by atoms with E-state index in [0.29, 0.717) is 0 Å². The third-order valence-electron chi connectivity index (χ3n) is 3.23. The van der Waals surface area contributed by atoms with E-state index in [-0.39, 0.29) is 12.0 Å². The minimum Gasteiger partial charge on any atom is -0.468 e. The van der Waals surface area contributed by atoms with Crippen molar-refractivity contribution in [2.75, 3.05) is 26.0 Å². The maximum Gasteiger partial charge on any atom is 0.323 e. The highest BCUT2D eigenvalue weighted by Gasteiger charge is 2.30. The van der Waals surface area contributed by atoms with E-state index in [4.69, 9.17) is 4.74 Å². The molecule has 0 radical (unpaired) electrons. The van der Waals surface area contributed by atoms with Crippen LogP contribution in [0.2, 0.25) is 0 Å². The van der Waals surface area contributed by atoms with Crippen LogP contribution in [0.5, 0.6) is 0 Å². The Balaban J connectivity index is 1.78. The van der Waals surface area contributed by atoms with Gasteiger partial charge in [0.1, 0.15) is 6.04 Å². The molecule has 1 aliphatic heterocycles. The quantitative estimate of drug-likeness (QED) is 0.604. The highest BCUT2D eigenvalue weighted by Crippen LogP contribution is 2.21. The molecule has 0 aromatic heterocycles. The summed E-state index contributed by atoms with van der Waals surface area (Å²) in [6.45, 7) is 1.95. The Morgan fingerprint density at radius 3 is 2.94 bits per heavy atom. The Morgan fingerprint density at radius 1 is 1.44 bits per heavy atom. The molecule has 0 saturated carbocycles. The first-order valence-electron chi connectivity index (χ1n) is 6.31. The number of hydrogen-bond donors (Lipinski definition) is 0. The first-order valence-corrected chi connectivity index (χ1v) is 7.29. The maximum atomic E-state index is 11.6. The molecule has 1 aromatic rings. The number of nitrogens with zero attached hydrogens (tertiary/aromatic N) is 1. The van der Waals surface area contributed by atoms with Crippen LogP contribution in [-0.2, 0) is 9.53 Å². The third-order valence-corrected chi connectivity index (χ3v) is 4.22. The number of carbonyl (C=O) groups is 1. The lowest BCUT2D eigenvalue weighted by atomic mass is 10.2. The van der Waals surface area contributed by atoms with Crippen molar-refractivity contribution in [3.63, 3.8) is 0 Å². The number of benzene rings is 1. The molecular formula is C14H19NO2S. The van der Waals surface area contributed by atoms with Crippen LogP contribution in [0.4, 0.5) is 0 Å². The molecule has 0 spiro atoms. The molecular weight excluding hydrogens is 246 g/mol. The lowest BCUT2D eigenvalue weighted by Gasteiger charge is -2.21. The molecule has 0 amide bonds. The largest absolute Gasteiger partial charge is 0.468 e. The summed E-state index contributed by atoms with van der Waals surface area (Å²) in [5, 5.41) is 0. The molecule has 0 aliphatic carbocycles. The van der Waals surface area contributed by atoms with E-state index in [1.807, 2.05) is 17.8 Å². The summed E-state index contributed by atoms with van der Waals surface area (Å²) >= 11 is 1.83. The molecule has 2 rings (SSSR count). The molecule has 0 N–H and O–H groups in total. The van der Waals surface area contributed by atoms with Crippen LogP contribution in [0.1, 0.15) is 12.8 Å². The fourth-order valence-electron chi connectivity index (χ4n) is 2.29. The third kappa shape index (κ3) is 3.50. The van der Waals surface area contributed by atoms with E-state index in [1.165, 1.54) is 12.0 Å². The summed E-state index contributed by atoms with van der Waals surface area (Å²) in [5.74, 6) is 0.926. The number of rotatable bonds is 5. The Kier molecular flexibility index (Phi) is 5.08. The van der Waals surface area contributed by atoms with Gasteiger partial charge in [-0.25, -0.2) is 0 Å². The number of hydrogen-bond acceptors (Lipinski definition) is 4. The van der Waals surface area contributed by atoms with Gasteiger partial charge >= 0.3 is 5.97 Å². The van der Waals surface area contributed by atoms with Crippen LogP contribution in [0.25, 0.3) is 0 Å². The lowest BCUT2D eigenvalue weighted by Crippen LogP contribution is -2.38. The van der Waals surface area contributed by atoms with E-state index in [0.717, 1.165) is 31.7 Å². The van der Waals surface area contributed by atoms with Crippen molar-refractivity contribution < 1.29 is 9.53 Å². The molecule has 1 atom stereocenters. The smallest absolute Gasteiger partial charge is 0.323 e. The number of carbonyl (C=O) groups excluding carboxylic acids is 1. The average Bonchev–Trinajstić information content (AvgIpc) is 2.87. The number of esters is 1. The molecule has 1 unspecified atom stereocenters. The SMILES string of the molecule is COC(=O)C1CCCN1CCSc1ccccc1. The predicted molar refractivity (Wildman–Crippen MR) is 73.8 cm³/mol. The van der Waals surface area contributed by atoms with Crippen molar-refractivity contribution in [3.05, 3.63) is 30.3 Å². The summed E-state index contributed by atoms with van der Waals surface area (Å²) in [6.07, 6.45) is 2.03. The summed E-state index contributed by atoms with van der Waals surface area (Å²) in [7, 11) is 1.47. The van der Waals surface area contributed by atoms with Crippen molar-refractivity contribution in [3.8, 4) is 0 Å². The monoisotopic (exact) mass is 265 g/mol. The second-order valence-electron chi connectivity index (χ2n) is 4.38. The van der Waals surface area contributed by atoms with Gasteiger partial charge in [-0.3, -0.25) is 9.69 Å². The zero-order valence-electron chi connectivity index (χ0n) is 10.7. The fraction of sp³-hybridized carbons (Fsp3) is 0.500. The van der Waals surface area contributed by atoms with Gasteiger partial charge in [-0.1, -0.05) is 18.2 Å². The molecule has 1 aromatic carbocycles. The van der Waals surface area contributed by atoms with Crippen LogP contribution in [0.15, 0.2) is 35.2 Å². The summed E-state index contributed by atoms with van der Waals surface area (Å²) in [4.78, 5) is 15.1. The van der Waals surface area contributed by atoms with E-state index < -0.39 is 0 Å². The molecule has 0 bridgehead atoms. The molecule has 3 nitrogen and oxygen atoms in total.